The van der Waals surface area contributed by atoms with Crippen molar-refractivity contribution in [2.75, 3.05) is 0 Å². The number of hydrogen-bond donors (Lipinski definition) is 0. The van der Waals surface area contributed by atoms with E-state index in [9.17, 15) is 0 Å². The van der Waals surface area contributed by atoms with Crippen molar-refractivity contribution in [2.24, 2.45) is 0 Å². The van der Waals surface area contributed by atoms with E-state index < -0.39 is 20.8 Å². The molecule has 6 rings (SSSR count). The molecule has 5 aromatic rings. The molecule has 1 aliphatic heterocycles. The summed E-state index contributed by atoms with van der Waals surface area (Å²) in [6.07, 6.45) is 1.07. The molecule has 0 unspecified atom stereocenters. The van der Waals surface area contributed by atoms with Crippen LogP contribution in [0.1, 0.15) is 43.4 Å². The summed E-state index contributed by atoms with van der Waals surface area (Å²) in [6.45, 7) is 8.99. The Kier molecular flexibility index (Phi) is 10.1. The number of halogens is 2. The third-order valence-corrected chi connectivity index (χ3v) is 8.16. The van der Waals surface area contributed by atoms with E-state index in [0.717, 1.165) is 15.9 Å². The molecular formula is C33H30Cl2SiZr. The quantitative estimate of drug-likeness (QED) is 0.138. The Morgan fingerprint density at radius 2 is 1.57 bits per heavy atom. The fourth-order valence-corrected chi connectivity index (χ4v) is 6.19. The zero-order valence-electron chi connectivity index (χ0n) is 21.7. The third kappa shape index (κ3) is 6.43. The zero-order valence-corrected chi connectivity index (χ0v) is 26.7. The standard InChI is InChI=1S/C21H23.C12H7Si.2ClH.Zr/c1-5-16-10-11-17-12-18(14(2)3)13-20(17)21(16)19-9-7-6-8-15(19)4;1-3-7-11-9(5-1)10-6-2-4-8-12(10)13-11;;;/h6-14H,5H2,1-4H3;1-7H;2*1H;/q2*-1;;;+4/p-2. The van der Waals surface area contributed by atoms with E-state index in [2.05, 4.69) is 119 Å². The topological polar surface area (TPSA) is 0 Å². The molecule has 0 bridgehead atoms. The van der Waals surface area contributed by atoms with Crippen molar-refractivity contribution < 1.29 is 20.8 Å². The van der Waals surface area contributed by atoms with Crippen molar-refractivity contribution in [3.8, 4) is 22.3 Å². The van der Waals surface area contributed by atoms with E-state index in [4.69, 9.17) is 17.0 Å². The van der Waals surface area contributed by atoms with Crippen LogP contribution in [0.4, 0.5) is 0 Å². The van der Waals surface area contributed by atoms with E-state index >= 15 is 0 Å². The molecule has 1 aliphatic rings. The van der Waals surface area contributed by atoms with Gasteiger partial charge in [0.1, 0.15) is 0 Å². The summed E-state index contributed by atoms with van der Waals surface area (Å²) in [5, 5.41) is 5.60. The number of benzene rings is 4. The van der Waals surface area contributed by atoms with Crippen LogP contribution in [-0.2, 0) is 27.3 Å². The predicted octanol–water partition coefficient (Wildman–Crippen LogP) is 8.72. The van der Waals surface area contributed by atoms with Gasteiger partial charge in [-0.25, -0.2) is 0 Å². The van der Waals surface area contributed by atoms with Crippen molar-refractivity contribution in [3.63, 3.8) is 0 Å². The van der Waals surface area contributed by atoms with Gasteiger partial charge < -0.3 is 0 Å². The minimum Gasteiger partial charge on any atom is -0.184 e. The molecule has 0 aliphatic carbocycles. The Morgan fingerprint density at radius 1 is 0.892 bits per heavy atom. The molecule has 5 aromatic carbocycles. The molecule has 0 N–H and O–H groups in total. The Labute approximate surface area is 242 Å². The number of rotatable bonds is 3. The Hall–Kier alpha value is -1.83. The molecule has 4 heteroatoms. The number of aryl methyl sites for hydroxylation is 2. The summed E-state index contributed by atoms with van der Waals surface area (Å²) < 4.78 is 0. The fourth-order valence-electron chi connectivity index (χ4n) is 4.88. The zero-order chi connectivity index (χ0) is 26.4. The molecular weight excluding hydrogens is 587 g/mol. The summed E-state index contributed by atoms with van der Waals surface area (Å²) in [6, 6.07) is 36.2. The van der Waals surface area contributed by atoms with Crippen LogP contribution in [0.2, 0.25) is 0 Å². The third-order valence-electron chi connectivity index (χ3n) is 6.79. The molecule has 0 aromatic heterocycles. The fraction of sp³-hybridized carbons (Fsp3) is 0.182. The molecule has 37 heavy (non-hydrogen) atoms. The molecule has 1 heterocycles. The second-order valence-electron chi connectivity index (χ2n) is 9.42. The summed E-state index contributed by atoms with van der Waals surface area (Å²) in [4.78, 5) is 0. The maximum atomic E-state index is 4.93. The van der Waals surface area contributed by atoms with Crippen molar-refractivity contribution in [1.82, 2.24) is 0 Å². The van der Waals surface area contributed by atoms with Crippen LogP contribution in [0.15, 0.2) is 91.0 Å². The van der Waals surface area contributed by atoms with Crippen LogP contribution in [0.5, 0.6) is 0 Å². The Morgan fingerprint density at radius 3 is 2.27 bits per heavy atom. The van der Waals surface area contributed by atoms with Gasteiger partial charge in [0.2, 0.25) is 0 Å². The van der Waals surface area contributed by atoms with Crippen LogP contribution in [0.25, 0.3) is 33.0 Å². The van der Waals surface area contributed by atoms with Crippen LogP contribution in [0, 0.1) is 13.0 Å². The molecule has 0 fully saturated rings. The predicted molar refractivity (Wildman–Crippen MR) is 161 cm³/mol. The van der Waals surface area contributed by atoms with Gasteiger partial charge in [0.25, 0.3) is 0 Å². The maximum absolute atomic E-state index is 4.93. The van der Waals surface area contributed by atoms with Gasteiger partial charge in [-0.3, -0.25) is 0 Å². The van der Waals surface area contributed by atoms with Gasteiger partial charge in [-0.15, -0.1) is 40.1 Å². The monoisotopic (exact) mass is 614 g/mol. The molecule has 0 saturated carbocycles. The largest absolute Gasteiger partial charge is 0.184 e. The van der Waals surface area contributed by atoms with Crippen molar-refractivity contribution in [3.05, 3.63) is 114 Å². The van der Waals surface area contributed by atoms with E-state index in [1.165, 1.54) is 60.1 Å². The average molecular weight is 617 g/mol. The first kappa shape index (κ1) is 28.2. The normalized spacial score (nSPS) is 11.1. The first-order valence-electron chi connectivity index (χ1n) is 12.6. The molecule has 0 atom stereocenters. The maximum Gasteiger partial charge on any atom is 0.0920 e. The second kappa shape index (κ2) is 13.3. The SMILES string of the molecule is CCc1ccc2[cH-]c(C(C)C)cc2c1-c1ccccc1C.[Cl][Zr+2][Cl].[c-]1cccc2c1[Si]c1ccccc1-2. The smallest absolute Gasteiger partial charge is 0.0920 e. The van der Waals surface area contributed by atoms with Gasteiger partial charge in [-0.1, -0.05) is 91.2 Å². The van der Waals surface area contributed by atoms with Crippen LogP contribution in [0.3, 0.4) is 0 Å². The molecule has 0 nitrogen and oxygen atoms in total. The van der Waals surface area contributed by atoms with Crippen molar-refractivity contribution in [2.45, 2.75) is 40.0 Å². The Balaban J connectivity index is 0.000000170. The Bertz CT molecular complexity index is 1440. The van der Waals surface area contributed by atoms with Gasteiger partial charge in [-0.05, 0) is 30.4 Å². The van der Waals surface area contributed by atoms with Crippen molar-refractivity contribution >= 4 is 47.7 Å². The van der Waals surface area contributed by atoms with Crippen LogP contribution in [-0.4, -0.2) is 9.52 Å². The van der Waals surface area contributed by atoms with Gasteiger partial charge in [0.15, 0.2) is 0 Å². The molecule has 184 valence electrons. The van der Waals surface area contributed by atoms with Gasteiger partial charge in [-0.2, -0.15) is 35.5 Å². The average Bonchev–Trinajstić information content (AvgIpc) is 3.51. The van der Waals surface area contributed by atoms with Gasteiger partial charge in [0.05, 0.1) is 9.52 Å². The minimum absolute atomic E-state index is 0.576. The minimum atomic E-state index is -0.826. The molecule has 2 radical (unpaired) electrons. The number of fused-ring (bicyclic) bond motifs is 4. The molecule has 0 amide bonds. The summed E-state index contributed by atoms with van der Waals surface area (Å²) in [7, 11) is 10.7. The summed E-state index contributed by atoms with van der Waals surface area (Å²) >= 11 is -0.826. The van der Waals surface area contributed by atoms with Crippen LogP contribution >= 0.6 is 17.0 Å². The van der Waals surface area contributed by atoms with Crippen LogP contribution < -0.4 is 10.4 Å². The van der Waals surface area contributed by atoms with E-state index in [1.807, 2.05) is 6.07 Å². The van der Waals surface area contributed by atoms with E-state index in [0.29, 0.717) is 5.92 Å². The second-order valence-corrected chi connectivity index (χ2v) is 14.4. The first-order valence-corrected chi connectivity index (χ1v) is 19.9. The summed E-state index contributed by atoms with van der Waals surface area (Å²) in [5.74, 6) is 0.576. The summed E-state index contributed by atoms with van der Waals surface area (Å²) in [5.41, 5.74) is 9.81. The van der Waals surface area contributed by atoms with Gasteiger partial charge >= 0.3 is 37.9 Å². The number of hydrogen-bond acceptors (Lipinski definition) is 0. The van der Waals surface area contributed by atoms with Gasteiger partial charge in [0, 0.05) is 0 Å². The molecule has 0 spiro atoms. The van der Waals surface area contributed by atoms with E-state index in [1.54, 1.807) is 0 Å². The van der Waals surface area contributed by atoms with E-state index in [-0.39, 0.29) is 0 Å². The first-order chi connectivity index (χ1) is 18.0. The van der Waals surface area contributed by atoms with Crippen molar-refractivity contribution in [1.29, 1.82) is 0 Å². The molecule has 0 saturated heterocycles.